The smallest absolute Gasteiger partial charge is 0.379 e. The first-order valence-electron chi connectivity index (χ1n) is 23.8. The molecule has 4 aliphatic heterocycles. The van der Waals surface area contributed by atoms with Gasteiger partial charge >= 0.3 is 12.4 Å². The summed E-state index contributed by atoms with van der Waals surface area (Å²) in [7, 11) is 1.85. The fourth-order valence-electron chi connectivity index (χ4n) is 10.4. The van der Waals surface area contributed by atoms with Crippen LogP contribution in [0.3, 0.4) is 0 Å². The van der Waals surface area contributed by atoms with Crippen molar-refractivity contribution in [2.45, 2.75) is 63.0 Å². The Hall–Kier alpha value is -4.19. The molecule has 0 radical (unpaired) electrons. The van der Waals surface area contributed by atoms with E-state index in [9.17, 15) is 35.9 Å². The van der Waals surface area contributed by atoms with Gasteiger partial charge in [-0.25, -0.2) is 0 Å². The van der Waals surface area contributed by atoms with Gasteiger partial charge in [0.05, 0.1) is 62.0 Å². The van der Waals surface area contributed by atoms with Gasteiger partial charge in [0, 0.05) is 96.3 Å². The third kappa shape index (κ3) is 12.8. The fraction of sp³-hybridized carbons (Fsp3) is 0.625. The Morgan fingerprint density at radius 3 is 1.52 bits per heavy atom. The number of halogens is 7. The molecule has 2 aromatic heterocycles. The fourth-order valence-corrected chi connectivity index (χ4v) is 10.4. The molecule has 69 heavy (non-hydrogen) atoms. The topological polar surface area (TPSA) is 132 Å². The van der Waals surface area contributed by atoms with Crippen LogP contribution in [0.1, 0.15) is 49.7 Å². The van der Waals surface area contributed by atoms with Gasteiger partial charge < -0.3 is 29.5 Å². The van der Waals surface area contributed by atoms with Crippen molar-refractivity contribution in [2.24, 2.45) is 23.7 Å². The van der Waals surface area contributed by atoms with Crippen LogP contribution in [0.2, 0.25) is 0 Å². The molecule has 6 aliphatic rings. The number of hydrogen-bond donors (Lipinski definition) is 1. The van der Waals surface area contributed by atoms with Crippen molar-refractivity contribution in [1.82, 2.24) is 40.0 Å². The Morgan fingerprint density at radius 2 is 1.06 bits per heavy atom. The molecule has 14 nitrogen and oxygen atoms in total. The number of nitrogens with zero attached hydrogens (tertiary/aromatic N) is 9. The number of anilines is 2. The zero-order chi connectivity index (χ0) is 48.9. The number of hydrogen-bond acceptors (Lipinski definition) is 12. The van der Waals surface area contributed by atoms with Crippen molar-refractivity contribution in [2.75, 3.05) is 114 Å². The lowest BCUT2D eigenvalue weighted by molar-refractivity contribution is -0.137. The Kier molecular flexibility index (Phi) is 16.7. The first-order chi connectivity index (χ1) is 33.2. The van der Waals surface area contributed by atoms with Crippen LogP contribution in [-0.4, -0.2) is 162 Å². The van der Waals surface area contributed by atoms with Crippen molar-refractivity contribution in [3.8, 4) is 0 Å². The summed E-state index contributed by atoms with van der Waals surface area (Å²) < 4.78 is 92.0. The average molecular weight is 1080 g/mol. The van der Waals surface area contributed by atoms with E-state index in [1.54, 1.807) is 0 Å². The predicted octanol–water partition coefficient (Wildman–Crippen LogP) is 6.80. The molecule has 4 unspecified atom stereocenters. The zero-order valence-corrected chi connectivity index (χ0v) is 41.2. The highest BCUT2D eigenvalue weighted by atomic mass is 127. The molecular weight excluding hydrogens is 1020 g/mol. The van der Waals surface area contributed by atoms with E-state index in [0.717, 1.165) is 64.2 Å². The lowest BCUT2D eigenvalue weighted by atomic mass is 9.89. The number of aromatic nitrogens is 4. The third-order valence-electron chi connectivity index (χ3n) is 14.3. The van der Waals surface area contributed by atoms with Gasteiger partial charge in [0.15, 0.2) is 0 Å². The molecule has 4 atom stereocenters. The lowest BCUT2D eigenvalue weighted by Gasteiger charge is -2.43. The molecule has 2 aromatic carbocycles. The Bertz CT molecular complexity index is 2380. The molecule has 21 heteroatoms. The normalized spacial score (nSPS) is 24.0. The van der Waals surface area contributed by atoms with E-state index in [4.69, 9.17) is 9.47 Å². The number of carbonyl (C=O) groups excluding carboxylic acids is 2. The summed E-state index contributed by atoms with van der Waals surface area (Å²) >= 11 is 2.15. The van der Waals surface area contributed by atoms with Crippen LogP contribution in [0.15, 0.2) is 49.1 Å². The maximum atomic E-state index is 13.6. The minimum absolute atomic E-state index is 0.0121. The lowest BCUT2D eigenvalue weighted by Crippen LogP contribution is -2.54. The summed E-state index contributed by atoms with van der Waals surface area (Å²) in [5.41, 5.74) is -0.00967. The highest BCUT2D eigenvalue weighted by molar-refractivity contribution is 14.1. The molecule has 6 fully saturated rings. The van der Waals surface area contributed by atoms with E-state index in [1.807, 2.05) is 16.9 Å². The van der Waals surface area contributed by atoms with Gasteiger partial charge in [-0.05, 0) is 91.4 Å². The van der Waals surface area contributed by atoms with Crippen molar-refractivity contribution < 1.29 is 45.4 Å². The number of amides is 2. The van der Waals surface area contributed by atoms with Crippen LogP contribution in [0, 0.1) is 23.7 Å². The number of ether oxygens (including phenoxy) is 2. The molecule has 4 aromatic rings. The van der Waals surface area contributed by atoms with Crippen LogP contribution in [0.5, 0.6) is 0 Å². The van der Waals surface area contributed by atoms with E-state index in [-0.39, 0.29) is 46.0 Å². The highest BCUT2D eigenvalue weighted by Crippen LogP contribution is 2.45. The van der Waals surface area contributed by atoms with Gasteiger partial charge in [-0.3, -0.25) is 39.3 Å². The zero-order valence-electron chi connectivity index (χ0n) is 39.0. The van der Waals surface area contributed by atoms with Crippen LogP contribution in [-0.2, 0) is 31.4 Å². The molecule has 4 saturated heterocycles. The monoisotopic (exact) mass is 1080 g/mol. The van der Waals surface area contributed by atoms with Gasteiger partial charge in [0.25, 0.3) is 0 Å². The van der Waals surface area contributed by atoms with Crippen molar-refractivity contribution in [3.05, 3.63) is 60.2 Å². The Balaban J connectivity index is 0.000000180. The molecule has 2 amide bonds. The number of nitrogens with one attached hydrogen (secondary N) is 1. The number of piperidine rings is 2. The maximum Gasteiger partial charge on any atom is 0.418 e. The predicted molar refractivity (Wildman–Crippen MR) is 258 cm³/mol. The third-order valence-corrected chi connectivity index (χ3v) is 14.3. The van der Waals surface area contributed by atoms with Gasteiger partial charge in [0.1, 0.15) is 22.1 Å². The number of morpholine rings is 2. The summed E-state index contributed by atoms with van der Waals surface area (Å²) in [6.07, 6.45) is 2.93. The first-order valence-corrected chi connectivity index (χ1v) is 26.0. The van der Waals surface area contributed by atoms with Crippen molar-refractivity contribution >= 4 is 67.8 Å². The molecule has 6 heterocycles. The van der Waals surface area contributed by atoms with Crippen LogP contribution in [0.25, 0.3) is 22.1 Å². The van der Waals surface area contributed by atoms with Gasteiger partial charge in [-0.15, -0.1) is 0 Å². The molecular formula is C48H61F6IN10O4. The number of fused-ring (bicyclic) bond motifs is 2. The SMILES string of the molecule is CI.CN(C(=O)CN1CCOCC1)C1CC(C2CC2)CN(c2ccc(C(F)(F)F)c3nccnc23)C1.O=C(CN1CCOCC1)NC1CC(C2CC2)CN(c2ccc(C(F)(F)F)c3nccnc23)C1. The van der Waals surface area contributed by atoms with Crippen molar-refractivity contribution in [1.29, 1.82) is 0 Å². The standard InChI is InChI=1S/C24H30F3N5O2.C23H28F3N5O2.CH3I/c1-30(21(33)15-31-8-10-34-11-9-31)18-12-17(16-2-3-16)13-32(14-18)20-5-4-19(24(25,26)27)22-23(20)29-7-6-28-22;24-23(25,26)18-3-4-19(22-21(18)27-5-6-28-22)31-12-16(15-1-2-15)11-17(13-31)29-20(32)14-30-7-9-33-10-8-30;1-2/h4-7,16-18H,2-3,8-15H2,1H3;3-6,15-17H,1-2,7-14H2,(H,29,32);1H3. The minimum atomic E-state index is -4.50. The van der Waals surface area contributed by atoms with Gasteiger partial charge in [0.2, 0.25) is 11.8 Å². The largest absolute Gasteiger partial charge is 0.418 e. The van der Waals surface area contributed by atoms with Crippen LogP contribution < -0.4 is 15.1 Å². The minimum Gasteiger partial charge on any atom is -0.379 e. The second-order valence-electron chi connectivity index (χ2n) is 18.9. The molecule has 0 spiro atoms. The quantitative estimate of drug-likeness (QED) is 0.102. The van der Waals surface area contributed by atoms with E-state index >= 15 is 0 Å². The summed E-state index contributed by atoms with van der Waals surface area (Å²) in [6.45, 7) is 8.82. The van der Waals surface area contributed by atoms with Crippen LogP contribution in [0.4, 0.5) is 37.7 Å². The summed E-state index contributed by atoms with van der Waals surface area (Å²) in [4.78, 5) is 54.6. The average Bonchev–Trinajstić information content (AvgIpc) is 4.29. The number of rotatable bonds is 10. The van der Waals surface area contributed by atoms with E-state index in [1.165, 1.54) is 62.6 Å². The molecule has 1 N–H and O–H groups in total. The number of likely N-dealkylation sites (N-methyl/N-ethyl adjacent to an activating group) is 1. The van der Waals surface area contributed by atoms with Gasteiger partial charge in [-0.2, -0.15) is 26.3 Å². The molecule has 376 valence electrons. The molecule has 0 bridgehead atoms. The Morgan fingerprint density at radius 1 is 0.623 bits per heavy atom. The van der Waals surface area contributed by atoms with Crippen molar-refractivity contribution in [3.63, 3.8) is 0 Å². The molecule has 2 saturated carbocycles. The summed E-state index contributed by atoms with van der Waals surface area (Å²) in [5.74, 6) is 2.06. The molecule has 2 aliphatic carbocycles. The van der Waals surface area contributed by atoms with Crippen LogP contribution >= 0.6 is 22.6 Å². The van der Waals surface area contributed by atoms with E-state index < -0.39 is 23.5 Å². The second kappa shape index (κ2) is 22.5. The maximum absolute atomic E-state index is 13.6. The molecule has 10 rings (SSSR count). The number of carbonyl (C=O) groups is 2. The number of benzene rings is 2. The number of alkyl halides is 7. The summed E-state index contributed by atoms with van der Waals surface area (Å²) in [5, 5.41) is 3.18. The van der Waals surface area contributed by atoms with E-state index in [0.29, 0.717) is 87.7 Å². The van der Waals surface area contributed by atoms with Gasteiger partial charge in [-0.1, -0.05) is 22.6 Å². The van der Waals surface area contributed by atoms with E-state index in [2.05, 4.69) is 67.4 Å². The first kappa shape index (κ1) is 51.2. The second-order valence-corrected chi connectivity index (χ2v) is 18.9. The Labute approximate surface area is 412 Å². The highest BCUT2D eigenvalue weighted by Gasteiger charge is 2.42. The summed E-state index contributed by atoms with van der Waals surface area (Å²) in [6, 6.07) is 5.14.